The fourth-order valence-electron chi connectivity index (χ4n) is 3.22. The van der Waals surface area contributed by atoms with Gasteiger partial charge in [-0.2, -0.15) is 0 Å². The highest BCUT2D eigenvalue weighted by molar-refractivity contribution is 5.87. The van der Waals surface area contributed by atoms with Gasteiger partial charge in [0.05, 0.1) is 5.52 Å². The van der Waals surface area contributed by atoms with Crippen molar-refractivity contribution in [3.8, 4) is 0 Å². The summed E-state index contributed by atoms with van der Waals surface area (Å²) in [5, 5.41) is 1.06. The summed E-state index contributed by atoms with van der Waals surface area (Å²) < 4.78 is 16.3. The summed E-state index contributed by atoms with van der Waals surface area (Å²) in [6, 6.07) is 4.20. The Morgan fingerprint density at radius 2 is 2.11 bits per heavy atom. The first-order valence-electron chi connectivity index (χ1n) is 6.45. The molecule has 0 fully saturated rings. The van der Waals surface area contributed by atoms with E-state index in [9.17, 15) is 4.39 Å². The van der Waals surface area contributed by atoms with Gasteiger partial charge in [-0.05, 0) is 44.3 Å². The molecule has 0 saturated carbocycles. The lowest BCUT2D eigenvalue weighted by Gasteiger charge is -2.35. The van der Waals surface area contributed by atoms with Gasteiger partial charge in [0, 0.05) is 30.1 Å². The highest BCUT2D eigenvalue weighted by Gasteiger charge is 2.30. The van der Waals surface area contributed by atoms with E-state index in [0.29, 0.717) is 12.0 Å². The highest BCUT2D eigenvalue weighted by Crippen LogP contribution is 2.37. The summed E-state index contributed by atoms with van der Waals surface area (Å²) in [4.78, 5) is 2.23. The SMILES string of the molecule is Cc1c(F)cc2c3c1ccn3C[C@H](N(C)C)[C@H]2C. The van der Waals surface area contributed by atoms with Gasteiger partial charge < -0.3 is 9.47 Å². The first kappa shape index (κ1) is 11.7. The van der Waals surface area contributed by atoms with Crippen LogP contribution in [0, 0.1) is 12.7 Å². The summed E-state index contributed by atoms with van der Waals surface area (Å²) in [5.41, 5.74) is 3.13. The van der Waals surface area contributed by atoms with Crippen LogP contribution >= 0.6 is 0 Å². The van der Waals surface area contributed by atoms with Crippen molar-refractivity contribution in [1.82, 2.24) is 9.47 Å². The maximum absolute atomic E-state index is 14.0. The number of hydrogen-bond acceptors (Lipinski definition) is 1. The third-order valence-corrected chi connectivity index (χ3v) is 4.40. The Morgan fingerprint density at radius 1 is 1.39 bits per heavy atom. The van der Waals surface area contributed by atoms with Gasteiger partial charge in [0.1, 0.15) is 5.82 Å². The molecule has 18 heavy (non-hydrogen) atoms. The third-order valence-electron chi connectivity index (χ3n) is 4.40. The minimum atomic E-state index is -0.0819. The Labute approximate surface area is 107 Å². The molecule has 0 unspecified atom stereocenters. The van der Waals surface area contributed by atoms with Gasteiger partial charge in [-0.1, -0.05) is 6.92 Å². The van der Waals surface area contributed by atoms with Gasteiger partial charge in [-0.3, -0.25) is 0 Å². The largest absolute Gasteiger partial charge is 0.346 e. The van der Waals surface area contributed by atoms with Crippen LogP contribution in [0.3, 0.4) is 0 Å². The molecule has 3 rings (SSSR count). The number of rotatable bonds is 1. The van der Waals surface area contributed by atoms with Crippen LogP contribution in [0.4, 0.5) is 4.39 Å². The molecule has 0 radical (unpaired) electrons. The van der Waals surface area contributed by atoms with Crippen LogP contribution in [0.1, 0.15) is 24.0 Å². The normalized spacial score (nSPS) is 23.0. The van der Waals surface area contributed by atoms with Gasteiger partial charge >= 0.3 is 0 Å². The van der Waals surface area contributed by atoms with E-state index >= 15 is 0 Å². The lowest BCUT2D eigenvalue weighted by molar-refractivity contribution is 0.228. The standard InChI is InChI=1S/C15H19FN2/c1-9-11-5-6-18-8-14(17(3)4)10(2)12(15(11)18)7-13(9)16/h5-7,10,14H,8H2,1-4H3/t10-,14-/m0/s1. The predicted molar refractivity (Wildman–Crippen MR) is 72.5 cm³/mol. The van der Waals surface area contributed by atoms with Gasteiger partial charge in [0.15, 0.2) is 0 Å². The summed E-state index contributed by atoms with van der Waals surface area (Å²) in [5.74, 6) is 0.279. The fraction of sp³-hybridized carbons (Fsp3) is 0.467. The molecule has 3 heteroatoms. The van der Waals surface area contributed by atoms with E-state index in [-0.39, 0.29) is 5.82 Å². The predicted octanol–water partition coefficient (Wildman–Crippen LogP) is 3.14. The number of halogens is 1. The van der Waals surface area contributed by atoms with Crippen molar-refractivity contribution in [2.45, 2.75) is 32.4 Å². The molecule has 1 aliphatic heterocycles. The van der Waals surface area contributed by atoms with E-state index in [4.69, 9.17) is 0 Å². The van der Waals surface area contributed by atoms with Gasteiger partial charge in [-0.25, -0.2) is 4.39 Å². The molecule has 0 aliphatic carbocycles. The van der Waals surface area contributed by atoms with Gasteiger partial charge in [0.2, 0.25) is 0 Å². The minimum absolute atomic E-state index is 0.0819. The van der Waals surface area contributed by atoms with Crippen molar-refractivity contribution >= 4 is 10.9 Å². The average Bonchev–Trinajstić information content (AvgIpc) is 2.73. The van der Waals surface area contributed by atoms with Crippen LogP contribution in [0.15, 0.2) is 18.3 Å². The van der Waals surface area contributed by atoms with E-state index in [2.05, 4.69) is 36.7 Å². The Balaban J connectivity index is 2.29. The van der Waals surface area contributed by atoms with Crippen LogP contribution < -0.4 is 0 Å². The fourth-order valence-corrected chi connectivity index (χ4v) is 3.22. The number of benzene rings is 1. The molecular formula is C15H19FN2. The quantitative estimate of drug-likeness (QED) is 0.750. The zero-order chi connectivity index (χ0) is 13.0. The molecule has 0 bridgehead atoms. The van der Waals surface area contributed by atoms with E-state index in [1.807, 2.05) is 13.0 Å². The summed E-state index contributed by atoms with van der Waals surface area (Å²) in [7, 11) is 4.19. The second kappa shape index (κ2) is 3.82. The van der Waals surface area contributed by atoms with Crippen molar-refractivity contribution in [2.75, 3.05) is 14.1 Å². The number of likely N-dealkylation sites (N-methyl/N-ethyl adjacent to an activating group) is 1. The number of aromatic nitrogens is 1. The first-order valence-corrected chi connectivity index (χ1v) is 6.45. The van der Waals surface area contributed by atoms with Crippen molar-refractivity contribution in [3.05, 3.63) is 35.3 Å². The Hall–Kier alpha value is -1.35. The minimum Gasteiger partial charge on any atom is -0.346 e. The summed E-state index contributed by atoms with van der Waals surface area (Å²) in [6.07, 6.45) is 2.09. The maximum Gasteiger partial charge on any atom is 0.127 e. The van der Waals surface area contributed by atoms with Gasteiger partial charge in [-0.15, -0.1) is 0 Å². The van der Waals surface area contributed by atoms with Crippen molar-refractivity contribution < 1.29 is 4.39 Å². The number of aryl methyl sites for hydroxylation is 1. The molecule has 1 aromatic carbocycles. The molecule has 1 aliphatic rings. The third kappa shape index (κ3) is 1.43. The number of nitrogens with zero attached hydrogens (tertiary/aromatic N) is 2. The smallest absolute Gasteiger partial charge is 0.127 e. The van der Waals surface area contributed by atoms with E-state index in [1.165, 1.54) is 5.52 Å². The molecule has 1 aromatic heterocycles. The Morgan fingerprint density at radius 3 is 2.78 bits per heavy atom. The molecule has 0 saturated heterocycles. The second-order valence-corrected chi connectivity index (χ2v) is 5.62. The highest BCUT2D eigenvalue weighted by atomic mass is 19.1. The zero-order valence-electron chi connectivity index (χ0n) is 11.4. The topological polar surface area (TPSA) is 8.17 Å². The molecule has 0 amide bonds. The molecule has 2 aromatic rings. The Bertz CT molecular complexity index is 612. The van der Waals surface area contributed by atoms with E-state index in [0.717, 1.165) is 23.1 Å². The monoisotopic (exact) mass is 246 g/mol. The van der Waals surface area contributed by atoms with Crippen molar-refractivity contribution in [2.24, 2.45) is 0 Å². The van der Waals surface area contributed by atoms with Crippen molar-refractivity contribution in [3.63, 3.8) is 0 Å². The van der Waals surface area contributed by atoms with Crippen LogP contribution in [-0.2, 0) is 6.54 Å². The molecule has 2 atom stereocenters. The zero-order valence-corrected chi connectivity index (χ0v) is 11.4. The van der Waals surface area contributed by atoms with Crippen LogP contribution in [-0.4, -0.2) is 29.6 Å². The van der Waals surface area contributed by atoms with Crippen LogP contribution in [0.2, 0.25) is 0 Å². The maximum atomic E-state index is 14.0. The van der Waals surface area contributed by atoms with Gasteiger partial charge in [0.25, 0.3) is 0 Å². The lowest BCUT2D eigenvalue weighted by Crippen LogP contribution is -2.39. The lowest BCUT2D eigenvalue weighted by atomic mass is 9.87. The summed E-state index contributed by atoms with van der Waals surface area (Å²) in [6.45, 7) is 5.04. The molecule has 2 heterocycles. The van der Waals surface area contributed by atoms with Crippen molar-refractivity contribution in [1.29, 1.82) is 0 Å². The second-order valence-electron chi connectivity index (χ2n) is 5.62. The van der Waals surface area contributed by atoms with Crippen LogP contribution in [0.25, 0.3) is 10.9 Å². The molecule has 96 valence electrons. The number of hydrogen-bond donors (Lipinski definition) is 0. The first-order chi connectivity index (χ1) is 8.50. The van der Waals surface area contributed by atoms with E-state index in [1.54, 1.807) is 6.07 Å². The molecule has 0 spiro atoms. The summed E-state index contributed by atoms with van der Waals surface area (Å²) >= 11 is 0. The van der Waals surface area contributed by atoms with E-state index < -0.39 is 0 Å². The molecule has 0 N–H and O–H groups in total. The molecule has 2 nitrogen and oxygen atoms in total. The van der Waals surface area contributed by atoms with Crippen LogP contribution in [0.5, 0.6) is 0 Å². The Kier molecular flexibility index (Phi) is 2.49. The molecular weight excluding hydrogens is 227 g/mol. The average molecular weight is 246 g/mol.